The lowest BCUT2D eigenvalue weighted by atomic mass is 10.0. The van der Waals surface area contributed by atoms with E-state index in [1.807, 2.05) is 0 Å². The molecule has 0 aliphatic rings. The van der Waals surface area contributed by atoms with E-state index in [0.717, 1.165) is 5.56 Å². The Morgan fingerprint density at radius 2 is 1.80 bits per heavy atom. The third-order valence-corrected chi connectivity index (χ3v) is 6.29. The van der Waals surface area contributed by atoms with Crippen LogP contribution >= 0.6 is 34.3 Å². The van der Waals surface area contributed by atoms with Crippen molar-refractivity contribution in [2.24, 2.45) is 0 Å². The number of nitrogens with one attached hydrogen (secondary N) is 1. The van der Waals surface area contributed by atoms with Gasteiger partial charge in [0.1, 0.15) is 15.4 Å². The molecule has 1 amide bonds. The molecule has 2 aromatic heterocycles. The van der Waals surface area contributed by atoms with E-state index in [-0.39, 0.29) is 12.2 Å². The molecule has 1 N–H and O–H groups in total. The topological polar surface area (TPSA) is 81.7 Å². The summed E-state index contributed by atoms with van der Waals surface area (Å²) in [6.45, 7) is 3.20. The Labute approximate surface area is 186 Å². The summed E-state index contributed by atoms with van der Waals surface area (Å²) in [4.78, 5) is 37.5. The Kier molecular flexibility index (Phi) is 7.25. The highest BCUT2D eigenvalue weighted by molar-refractivity contribution is 7.15. The van der Waals surface area contributed by atoms with Gasteiger partial charge in [-0.05, 0) is 36.9 Å². The summed E-state index contributed by atoms with van der Waals surface area (Å²) in [5.41, 5.74) is 2.21. The molecule has 0 unspecified atom stereocenters. The third-order valence-electron chi connectivity index (χ3n) is 4.07. The third kappa shape index (κ3) is 4.89. The van der Waals surface area contributed by atoms with Gasteiger partial charge in [0.05, 0.1) is 6.61 Å². The summed E-state index contributed by atoms with van der Waals surface area (Å²) in [6.07, 6.45) is 0. The number of carbonyl (C=O) groups excluding carboxylic acids is 3. The van der Waals surface area contributed by atoms with E-state index >= 15 is 0 Å². The van der Waals surface area contributed by atoms with E-state index in [1.54, 1.807) is 54.9 Å². The van der Waals surface area contributed by atoms with Crippen LogP contribution in [0.2, 0.25) is 5.02 Å². The number of rotatable bonds is 7. The number of hydrogen-bond acceptors (Lipinski definition) is 7. The Morgan fingerprint density at radius 1 is 1.03 bits per heavy atom. The zero-order chi connectivity index (χ0) is 21.7. The van der Waals surface area contributed by atoms with E-state index < -0.39 is 24.5 Å². The molecule has 3 aromatic rings. The SMILES string of the molecule is CCOC(=O)c1c(-c2ccccc2Cl)csc1NC(=O)COC(=O)c1sccc1C. The average Bonchev–Trinajstić information content (AvgIpc) is 3.33. The molecule has 0 radical (unpaired) electrons. The Bertz CT molecular complexity index is 1090. The summed E-state index contributed by atoms with van der Waals surface area (Å²) >= 11 is 8.70. The number of esters is 2. The summed E-state index contributed by atoms with van der Waals surface area (Å²) in [6, 6.07) is 8.89. The number of anilines is 1. The van der Waals surface area contributed by atoms with Gasteiger partial charge in [-0.3, -0.25) is 4.79 Å². The molecule has 2 heterocycles. The first kappa shape index (κ1) is 22.0. The Balaban J connectivity index is 1.79. The maximum absolute atomic E-state index is 12.6. The summed E-state index contributed by atoms with van der Waals surface area (Å²) in [5.74, 6) is -1.70. The molecule has 156 valence electrons. The smallest absolute Gasteiger partial charge is 0.349 e. The normalized spacial score (nSPS) is 10.5. The van der Waals surface area contributed by atoms with Crippen molar-refractivity contribution in [3.8, 4) is 11.1 Å². The lowest BCUT2D eigenvalue weighted by Crippen LogP contribution is -2.21. The van der Waals surface area contributed by atoms with E-state index in [2.05, 4.69) is 5.32 Å². The first-order chi connectivity index (χ1) is 14.4. The van der Waals surface area contributed by atoms with Gasteiger partial charge in [0.25, 0.3) is 5.91 Å². The van der Waals surface area contributed by atoms with Gasteiger partial charge in [0.2, 0.25) is 0 Å². The first-order valence-electron chi connectivity index (χ1n) is 8.97. The molecule has 0 saturated heterocycles. The Hall–Kier alpha value is -2.68. The molecule has 0 saturated carbocycles. The van der Waals surface area contributed by atoms with Crippen molar-refractivity contribution >= 4 is 57.1 Å². The monoisotopic (exact) mass is 463 g/mol. The fourth-order valence-electron chi connectivity index (χ4n) is 2.67. The highest BCUT2D eigenvalue weighted by atomic mass is 35.5. The Morgan fingerprint density at radius 3 is 2.47 bits per heavy atom. The molecular formula is C21H18ClNO5S2. The van der Waals surface area contributed by atoms with Gasteiger partial charge in [-0.15, -0.1) is 22.7 Å². The fourth-order valence-corrected chi connectivity index (χ4v) is 4.69. The van der Waals surface area contributed by atoms with Crippen molar-refractivity contribution in [3.05, 3.63) is 62.1 Å². The van der Waals surface area contributed by atoms with E-state index in [4.69, 9.17) is 21.1 Å². The van der Waals surface area contributed by atoms with Gasteiger partial charge in [0, 0.05) is 21.5 Å². The van der Waals surface area contributed by atoms with Crippen molar-refractivity contribution in [1.29, 1.82) is 0 Å². The van der Waals surface area contributed by atoms with Gasteiger partial charge in [0.15, 0.2) is 6.61 Å². The van der Waals surface area contributed by atoms with Crippen LogP contribution < -0.4 is 5.32 Å². The zero-order valence-electron chi connectivity index (χ0n) is 16.2. The number of halogens is 1. The molecular weight excluding hydrogens is 446 g/mol. The number of hydrogen-bond donors (Lipinski definition) is 1. The number of carbonyl (C=O) groups is 3. The molecule has 0 atom stereocenters. The van der Waals surface area contributed by atoms with Crippen LogP contribution in [0.3, 0.4) is 0 Å². The molecule has 0 bridgehead atoms. The summed E-state index contributed by atoms with van der Waals surface area (Å²) < 4.78 is 10.2. The van der Waals surface area contributed by atoms with Gasteiger partial charge >= 0.3 is 11.9 Å². The molecule has 3 rings (SSSR count). The van der Waals surface area contributed by atoms with E-state index in [1.165, 1.54) is 22.7 Å². The van der Waals surface area contributed by atoms with Crippen molar-refractivity contribution in [3.63, 3.8) is 0 Å². The van der Waals surface area contributed by atoms with Gasteiger partial charge in [-0.1, -0.05) is 29.8 Å². The quantitative estimate of drug-likeness (QED) is 0.474. The maximum Gasteiger partial charge on any atom is 0.349 e. The maximum atomic E-state index is 12.6. The number of amides is 1. The van der Waals surface area contributed by atoms with Crippen LogP contribution in [-0.4, -0.2) is 31.1 Å². The van der Waals surface area contributed by atoms with Crippen LogP contribution in [0.5, 0.6) is 0 Å². The minimum atomic E-state index is -0.574. The van der Waals surface area contributed by atoms with Crippen molar-refractivity contribution in [2.45, 2.75) is 13.8 Å². The van der Waals surface area contributed by atoms with Crippen molar-refractivity contribution < 1.29 is 23.9 Å². The van der Waals surface area contributed by atoms with E-state index in [9.17, 15) is 14.4 Å². The molecule has 1 aromatic carbocycles. The standard InChI is InChI=1S/C21H18ClNO5S2/c1-3-27-20(25)17-14(13-6-4-5-7-15(13)22)11-30-19(17)23-16(24)10-28-21(26)18-12(2)8-9-29-18/h4-9,11H,3,10H2,1-2H3,(H,23,24). The first-order valence-corrected chi connectivity index (χ1v) is 11.1. The zero-order valence-corrected chi connectivity index (χ0v) is 18.6. The van der Waals surface area contributed by atoms with Gasteiger partial charge < -0.3 is 14.8 Å². The fraction of sp³-hybridized carbons (Fsp3) is 0.190. The second kappa shape index (κ2) is 9.88. The molecule has 0 aliphatic carbocycles. The lowest BCUT2D eigenvalue weighted by molar-refractivity contribution is -0.119. The van der Waals surface area contributed by atoms with Crippen LogP contribution in [0, 0.1) is 6.92 Å². The predicted octanol–water partition coefficient (Wildman–Crippen LogP) is 5.41. The van der Waals surface area contributed by atoms with Crippen molar-refractivity contribution in [2.75, 3.05) is 18.5 Å². The van der Waals surface area contributed by atoms with Crippen molar-refractivity contribution in [1.82, 2.24) is 0 Å². The number of thiophene rings is 2. The molecule has 0 fully saturated rings. The molecule has 30 heavy (non-hydrogen) atoms. The largest absolute Gasteiger partial charge is 0.462 e. The van der Waals surface area contributed by atoms with Crippen LogP contribution in [0.15, 0.2) is 41.1 Å². The summed E-state index contributed by atoms with van der Waals surface area (Å²) in [7, 11) is 0. The van der Waals surface area contributed by atoms with Crippen LogP contribution in [0.25, 0.3) is 11.1 Å². The molecule has 0 aliphatic heterocycles. The predicted molar refractivity (Wildman–Crippen MR) is 119 cm³/mol. The van der Waals surface area contributed by atoms with Crippen LogP contribution in [0.4, 0.5) is 5.00 Å². The van der Waals surface area contributed by atoms with Gasteiger partial charge in [-0.2, -0.15) is 0 Å². The molecule has 0 spiro atoms. The van der Waals surface area contributed by atoms with E-state index in [0.29, 0.717) is 26.0 Å². The number of benzene rings is 1. The molecule has 9 heteroatoms. The number of ether oxygens (including phenoxy) is 2. The van der Waals surface area contributed by atoms with Crippen LogP contribution in [0.1, 0.15) is 32.5 Å². The second-order valence-electron chi connectivity index (χ2n) is 6.11. The molecule has 6 nitrogen and oxygen atoms in total. The minimum absolute atomic E-state index is 0.182. The van der Waals surface area contributed by atoms with Crippen LogP contribution in [-0.2, 0) is 14.3 Å². The second-order valence-corrected chi connectivity index (χ2v) is 8.31. The highest BCUT2D eigenvalue weighted by Gasteiger charge is 2.24. The average molecular weight is 464 g/mol. The van der Waals surface area contributed by atoms with Gasteiger partial charge in [-0.25, -0.2) is 9.59 Å². The lowest BCUT2D eigenvalue weighted by Gasteiger charge is -2.10. The number of aryl methyl sites for hydroxylation is 1. The highest BCUT2D eigenvalue weighted by Crippen LogP contribution is 2.39. The minimum Gasteiger partial charge on any atom is -0.462 e. The summed E-state index contributed by atoms with van der Waals surface area (Å²) in [5, 5.41) is 6.91.